The number of ether oxygens (including phenoxy) is 1. The smallest absolute Gasteiger partial charge is 0.431 e. The van der Waals surface area contributed by atoms with Gasteiger partial charge in [0.1, 0.15) is 0 Å². The lowest BCUT2D eigenvalue weighted by atomic mass is 10.2. The van der Waals surface area contributed by atoms with Gasteiger partial charge in [-0.05, 0) is 12.8 Å². The minimum absolute atomic E-state index is 0.385. The highest BCUT2D eigenvalue weighted by Gasteiger charge is 2.13. The third kappa shape index (κ3) is 8.46. The maximum Gasteiger partial charge on any atom is 0.431 e. The highest BCUT2D eigenvalue weighted by atomic mass is 16.6. The number of carbonyl (C=O) groups is 1. The van der Waals surface area contributed by atoms with Gasteiger partial charge in [-0.3, -0.25) is 0 Å². The van der Waals surface area contributed by atoms with Gasteiger partial charge in [0.15, 0.2) is 0 Å². The topological polar surface area (TPSA) is 59.0 Å². The summed E-state index contributed by atoms with van der Waals surface area (Å²) in [6.07, 6.45) is 6.72. The highest BCUT2D eigenvalue weighted by molar-refractivity contribution is 5.67. The zero-order valence-electron chi connectivity index (χ0n) is 10.8. The van der Waals surface area contributed by atoms with Crippen LogP contribution in [0.25, 0.3) is 0 Å². The minimum atomic E-state index is -0.557. The van der Waals surface area contributed by atoms with Crippen molar-refractivity contribution in [3.8, 4) is 0 Å². The van der Waals surface area contributed by atoms with Gasteiger partial charge in [-0.15, -0.1) is 0 Å². The number of hydrazone groups is 1. The van der Waals surface area contributed by atoms with Gasteiger partial charge in [-0.25, -0.2) is 9.59 Å². The Labute approximate surface area is 103 Å². The van der Waals surface area contributed by atoms with E-state index in [2.05, 4.69) is 12.0 Å². The molecule has 0 bridgehead atoms. The standard InChI is InChI=1S/C12H22N2O3/c1-3-5-7-8-10-17-12(16)14(13-11-15)9-6-4-2/h3-10H2,1-2H3. The van der Waals surface area contributed by atoms with Crippen molar-refractivity contribution in [3.05, 3.63) is 0 Å². The summed E-state index contributed by atoms with van der Waals surface area (Å²) in [4.78, 5) is 21.7. The fourth-order valence-corrected chi connectivity index (χ4v) is 1.30. The van der Waals surface area contributed by atoms with E-state index in [1.165, 1.54) is 6.08 Å². The van der Waals surface area contributed by atoms with Crippen molar-refractivity contribution < 1.29 is 14.3 Å². The van der Waals surface area contributed by atoms with E-state index in [1.54, 1.807) is 0 Å². The average Bonchev–Trinajstić information content (AvgIpc) is 2.34. The van der Waals surface area contributed by atoms with Crippen LogP contribution in [0.5, 0.6) is 0 Å². The van der Waals surface area contributed by atoms with E-state index in [-0.39, 0.29) is 0 Å². The van der Waals surface area contributed by atoms with Gasteiger partial charge in [0.05, 0.1) is 6.61 Å². The Balaban J connectivity index is 3.84. The Bertz CT molecular complexity index is 250. The molecule has 0 spiro atoms. The van der Waals surface area contributed by atoms with Crippen LogP contribution in [0.3, 0.4) is 0 Å². The zero-order chi connectivity index (χ0) is 12.9. The normalized spacial score (nSPS) is 9.53. The van der Waals surface area contributed by atoms with Gasteiger partial charge in [0.2, 0.25) is 0 Å². The first-order chi connectivity index (χ1) is 8.26. The fourth-order valence-electron chi connectivity index (χ4n) is 1.30. The molecule has 0 aromatic carbocycles. The van der Waals surface area contributed by atoms with E-state index < -0.39 is 6.09 Å². The Morgan fingerprint density at radius 2 is 1.88 bits per heavy atom. The molecule has 0 aliphatic carbocycles. The summed E-state index contributed by atoms with van der Waals surface area (Å²) in [6, 6.07) is 0. The summed E-state index contributed by atoms with van der Waals surface area (Å²) in [5.41, 5.74) is 0. The molecule has 5 nitrogen and oxygen atoms in total. The number of hydrogen-bond donors (Lipinski definition) is 0. The minimum Gasteiger partial charge on any atom is -0.448 e. The van der Waals surface area contributed by atoms with Crippen LogP contribution in [-0.4, -0.2) is 30.3 Å². The lowest BCUT2D eigenvalue weighted by Crippen LogP contribution is -2.27. The third-order valence-electron chi connectivity index (χ3n) is 2.32. The molecule has 0 saturated carbocycles. The monoisotopic (exact) mass is 242 g/mol. The van der Waals surface area contributed by atoms with Gasteiger partial charge in [-0.2, -0.15) is 5.01 Å². The quantitative estimate of drug-likeness (QED) is 0.270. The van der Waals surface area contributed by atoms with Crippen molar-refractivity contribution in [1.82, 2.24) is 5.01 Å². The van der Waals surface area contributed by atoms with Crippen molar-refractivity contribution in [1.29, 1.82) is 0 Å². The second-order valence-electron chi connectivity index (χ2n) is 3.84. The van der Waals surface area contributed by atoms with Crippen LogP contribution in [0.2, 0.25) is 0 Å². The number of isocyanates is 1. The van der Waals surface area contributed by atoms with Crippen LogP contribution in [0, 0.1) is 0 Å². The Morgan fingerprint density at radius 1 is 1.18 bits per heavy atom. The van der Waals surface area contributed by atoms with Crippen molar-refractivity contribution in [2.45, 2.75) is 52.4 Å². The number of carbonyl (C=O) groups excluding carboxylic acids is 2. The molecule has 1 amide bonds. The molecule has 0 fully saturated rings. The van der Waals surface area contributed by atoms with E-state index in [0.717, 1.165) is 43.5 Å². The number of hydrogen-bond acceptors (Lipinski definition) is 4. The van der Waals surface area contributed by atoms with Gasteiger partial charge >= 0.3 is 6.09 Å². The van der Waals surface area contributed by atoms with E-state index in [0.29, 0.717) is 13.2 Å². The average molecular weight is 242 g/mol. The third-order valence-corrected chi connectivity index (χ3v) is 2.32. The summed E-state index contributed by atoms with van der Waals surface area (Å²) in [5.74, 6) is 0. The summed E-state index contributed by atoms with van der Waals surface area (Å²) in [5, 5.41) is 4.37. The van der Waals surface area contributed by atoms with Crippen molar-refractivity contribution >= 4 is 12.2 Å². The maximum absolute atomic E-state index is 11.5. The lowest BCUT2D eigenvalue weighted by Gasteiger charge is -2.14. The lowest BCUT2D eigenvalue weighted by molar-refractivity contribution is 0.101. The molecule has 0 unspecified atom stereocenters. The maximum atomic E-state index is 11.5. The van der Waals surface area contributed by atoms with Gasteiger partial charge in [-0.1, -0.05) is 44.6 Å². The van der Waals surface area contributed by atoms with Crippen LogP contribution in [0.1, 0.15) is 52.4 Å². The SMILES string of the molecule is CCCCCCOC(=O)N(CCCC)N=C=O. The molecule has 98 valence electrons. The van der Waals surface area contributed by atoms with E-state index in [1.807, 2.05) is 6.92 Å². The second kappa shape index (κ2) is 11.1. The molecule has 0 rings (SSSR count). The number of unbranched alkanes of at least 4 members (excludes halogenated alkanes) is 4. The molecule has 0 aromatic rings. The molecule has 0 aliphatic rings. The summed E-state index contributed by atoms with van der Waals surface area (Å²) >= 11 is 0. The molecule has 0 N–H and O–H groups in total. The summed E-state index contributed by atoms with van der Waals surface area (Å²) in [7, 11) is 0. The number of nitrogens with zero attached hydrogens (tertiary/aromatic N) is 2. The predicted octanol–water partition coefficient (Wildman–Crippen LogP) is 3.06. The van der Waals surface area contributed by atoms with Crippen molar-refractivity contribution in [3.63, 3.8) is 0 Å². The van der Waals surface area contributed by atoms with Crippen LogP contribution >= 0.6 is 0 Å². The molecule has 0 aliphatic heterocycles. The molecule has 0 radical (unpaired) electrons. The van der Waals surface area contributed by atoms with Crippen LogP contribution in [0.4, 0.5) is 4.79 Å². The summed E-state index contributed by atoms with van der Waals surface area (Å²) < 4.78 is 5.01. The van der Waals surface area contributed by atoms with Gasteiger partial charge < -0.3 is 4.74 Å². The Kier molecular flexibility index (Phi) is 10.3. The van der Waals surface area contributed by atoms with Gasteiger partial charge in [0, 0.05) is 6.54 Å². The second-order valence-corrected chi connectivity index (χ2v) is 3.84. The van der Waals surface area contributed by atoms with Crippen LogP contribution in [-0.2, 0) is 9.53 Å². The first kappa shape index (κ1) is 15.7. The van der Waals surface area contributed by atoms with Crippen LogP contribution in [0.15, 0.2) is 5.10 Å². The predicted molar refractivity (Wildman–Crippen MR) is 65.2 cm³/mol. The van der Waals surface area contributed by atoms with Crippen LogP contribution < -0.4 is 0 Å². The first-order valence-corrected chi connectivity index (χ1v) is 6.28. The number of amides is 1. The zero-order valence-corrected chi connectivity index (χ0v) is 10.8. The summed E-state index contributed by atoms with van der Waals surface area (Å²) in [6.45, 7) is 4.91. The van der Waals surface area contributed by atoms with E-state index in [9.17, 15) is 9.59 Å². The molecule has 5 heteroatoms. The molecule has 0 saturated heterocycles. The molecule has 0 aromatic heterocycles. The molecule has 0 atom stereocenters. The molecular weight excluding hydrogens is 220 g/mol. The van der Waals surface area contributed by atoms with E-state index >= 15 is 0 Å². The first-order valence-electron chi connectivity index (χ1n) is 6.28. The molecule has 0 heterocycles. The van der Waals surface area contributed by atoms with E-state index in [4.69, 9.17) is 4.74 Å². The van der Waals surface area contributed by atoms with Crippen molar-refractivity contribution in [2.75, 3.05) is 13.2 Å². The molecular formula is C12H22N2O3. The highest BCUT2D eigenvalue weighted by Crippen LogP contribution is 2.02. The van der Waals surface area contributed by atoms with Gasteiger partial charge in [0.25, 0.3) is 6.08 Å². The fraction of sp³-hybridized carbons (Fsp3) is 0.833. The Hall–Kier alpha value is -1.35. The number of rotatable bonds is 9. The van der Waals surface area contributed by atoms with Crippen molar-refractivity contribution in [2.24, 2.45) is 5.10 Å². The largest absolute Gasteiger partial charge is 0.448 e. The molecule has 17 heavy (non-hydrogen) atoms. The Morgan fingerprint density at radius 3 is 2.47 bits per heavy atom.